The Morgan fingerprint density at radius 1 is 1.38 bits per heavy atom. The van der Waals surface area contributed by atoms with E-state index in [1.807, 2.05) is 29.6 Å². The Kier molecular flexibility index (Phi) is 2.19. The van der Waals surface area contributed by atoms with Crippen LogP contribution in [-0.2, 0) is 0 Å². The van der Waals surface area contributed by atoms with Crippen molar-refractivity contribution in [3.05, 3.63) is 41.4 Å². The topological polar surface area (TPSA) is 30.0 Å². The fourth-order valence-corrected chi connectivity index (χ4v) is 1.89. The van der Waals surface area contributed by atoms with Crippen LogP contribution in [0, 0.1) is 0 Å². The molecule has 2 heterocycles. The predicted octanol–water partition coefficient (Wildman–Crippen LogP) is 2.62. The Balaban J connectivity index is 2.41. The van der Waals surface area contributed by atoms with Crippen molar-refractivity contribution in [2.45, 2.75) is 0 Å². The summed E-state index contributed by atoms with van der Waals surface area (Å²) < 4.78 is 0. The lowest BCUT2D eigenvalue weighted by Crippen LogP contribution is -1.76. The Morgan fingerprint density at radius 2 is 2.31 bits per heavy atom. The van der Waals surface area contributed by atoms with Crippen LogP contribution < -0.4 is 0 Å². The van der Waals surface area contributed by atoms with Gasteiger partial charge in [0, 0.05) is 17.1 Å². The summed E-state index contributed by atoms with van der Waals surface area (Å²) in [5.74, 6) is 0. The monoisotopic (exact) mass is 189 g/mol. The molecule has 3 heteroatoms. The van der Waals surface area contributed by atoms with Crippen LogP contribution in [0.5, 0.6) is 0 Å². The van der Waals surface area contributed by atoms with E-state index in [1.165, 1.54) is 11.3 Å². The summed E-state index contributed by atoms with van der Waals surface area (Å²) in [5.41, 5.74) is 1.63. The summed E-state index contributed by atoms with van der Waals surface area (Å²) in [7, 11) is 0. The molecule has 0 bridgehead atoms. The summed E-state index contributed by atoms with van der Waals surface area (Å²) >= 11 is 1.53. The largest absolute Gasteiger partial charge is 0.298 e. The lowest BCUT2D eigenvalue weighted by atomic mass is 10.2. The average molecular weight is 189 g/mol. The molecule has 2 rings (SSSR count). The van der Waals surface area contributed by atoms with Gasteiger partial charge in [-0.05, 0) is 18.2 Å². The number of pyridine rings is 1. The van der Waals surface area contributed by atoms with E-state index >= 15 is 0 Å². The number of thiophene rings is 1. The van der Waals surface area contributed by atoms with Gasteiger partial charge in [-0.2, -0.15) is 0 Å². The standard InChI is InChI=1S/C10H7NOS/c12-6-8-5-10(13-7-8)9-3-1-2-4-11-9/h1-7H. The first-order valence-corrected chi connectivity index (χ1v) is 4.73. The molecule has 64 valence electrons. The minimum Gasteiger partial charge on any atom is -0.298 e. The van der Waals surface area contributed by atoms with Crippen LogP contribution in [0.2, 0.25) is 0 Å². The van der Waals surface area contributed by atoms with Crippen molar-refractivity contribution in [2.75, 3.05) is 0 Å². The van der Waals surface area contributed by atoms with Gasteiger partial charge >= 0.3 is 0 Å². The van der Waals surface area contributed by atoms with E-state index in [1.54, 1.807) is 6.20 Å². The maximum Gasteiger partial charge on any atom is 0.150 e. The molecule has 0 aromatic carbocycles. The predicted molar refractivity (Wildman–Crippen MR) is 52.9 cm³/mol. The zero-order chi connectivity index (χ0) is 9.10. The maximum atomic E-state index is 10.4. The number of hydrogen-bond donors (Lipinski definition) is 0. The first-order chi connectivity index (χ1) is 6.40. The van der Waals surface area contributed by atoms with Crippen molar-refractivity contribution in [1.82, 2.24) is 4.98 Å². The fraction of sp³-hybridized carbons (Fsp3) is 0. The van der Waals surface area contributed by atoms with Crippen LogP contribution in [0.3, 0.4) is 0 Å². The molecule has 2 nitrogen and oxygen atoms in total. The van der Waals surface area contributed by atoms with Crippen LogP contribution in [0.25, 0.3) is 10.6 Å². The van der Waals surface area contributed by atoms with Crippen LogP contribution in [0.1, 0.15) is 10.4 Å². The lowest BCUT2D eigenvalue weighted by Gasteiger charge is -1.92. The highest BCUT2D eigenvalue weighted by Crippen LogP contribution is 2.24. The third-order valence-electron chi connectivity index (χ3n) is 1.67. The van der Waals surface area contributed by atoms with Gasteiger partial charge in [0.25, 0.3) is 0 Å². The van der Waals surface area contributed by atoms with E-state index < -0.39 is 0 Å². The Hall–Kier alpha value is -1.48. The first-order valence-electron chi connectivity index (χ1n) is 3.85. The fourth-order valence-electron chi connectivity index (χ4n) is 1.06. The molecule has 0 amide bonds. The Bertz CT molecular complexity index is 408. The molecule has 0 unspecified atom stereocenters. The Labute approximate surface area is 79.9 Å². The summed E-state index contributed by atoms with van der Waals surface area (Å²) in [6.07, 6.45) is 2.60. The average Bonchev–Trinajstić information content (AvgIpc) is 2.67. The van der Waals surface area contributed by atoms with Gasteiger partial charge in [0.05, 0.1) is 10.6 Å². The van der Waals surface area contributed by atoms with Gasteiger partial charge in [-0.1, -0.05) is 6.07 Å². The SMILES string of the molecule is O=Cc1csc(-c2ccccn2)c1. The van der Waals surface area contributed by atoms with E-state index in [0.29, 0.717) is 5.56 Å². The zero-order valence-corrected chi connectivity index (χ0v) is 7.62. The summed E-state index contributed by atoms with van der Waals surface area (Å²) in [6.45, 7) is 0. The first kappa shape index (κ1) is 8.13. The van der Waals surface area contributed by atoms with Gasteiger partial charge in [0.2, 0.25) is 0 Å². The molecule has 0 N–H and O–H groups in total. The summed E-state index contributed by atoms with van der Waals surface area (Å²) in [5, 5.41) is 1.83. The second-order valence-electron chi connectivity index (χ2n) is 2.58. The highest BCUT2D eigenvalue weighted by Gasteiger charge is 2.01. The van der Waals surface area contributed by atoms with Crippen molar-refractivity contribution in [2.24, 2.45) is 0 Å². The number of aromatic nitrogens is 1. The van der Waals surface area contributed by atoms with Crippen molar-refractivity contribution in [3.63, 3.8) is 0 Å². The molecular formula is C10H7NOS. The zero-order valence-electron chi connectivity index (χ0n) is 6.81. The normalized spacial score (nSPS) is 9.85. The molecular weight excluding hydrogens is 182 g/mol. The van der Waals surface area contributed by atoms with E-state index in [4.69, 9.17) is 0 Å². The van der Waals surface area contributed by atoms with Crippen LogP contribution in [0.4, 0.5) is 0 Å². The molecule has 0 spiro atoms. The number of rotatable bonds is 2. The van der Waals surface area contributed by atoms with Gasteiger partial charge in [-0.25, -0.2) is 0 Å². The second-order valence-corrected chi connectivity index (χ2v) is 3.49. The maximum absolute atomic E-state index is 10.4. The third kappa shape index (κ3) is 1.65. The minimum atomic E-state index is 0.714. The van der Waals surface area contributed by atoms with Gasteiger partial charge in [0.1, 0.15) is 0 Å². The van der Waals surface area contributed by atoms with Crippen molar-refractivity contribution in [1.29, 1.82) is 0 Å². The van der Waals surface area contributed by atoms with Gasteiger partial charge in [0.15, 0.2) is 6.29 Å². The number of carbonyl (C=O) groups is 1. The second kappa shape index (κ2) is 3.49. The lowest BCUT2D eigenvalue weighted by molar-refractivity contribution is 0.112. The molecule has 2 aromatic rings. The van der Waals surface area contributed by atoms with E-state index in [0.717, 1.165) is 16.9 Å². The van der Waals surface area contributed by atoms with Crippen LogP contribution in [-0.4, -0.2) is 11.3 Å². The molecule has 0 fully saturated rings. The molecule has 0 saturated heterocycles. The molecule has 0 aliphatic rings. The molecule has 0 saturated carbocycles. The highest BCUT2D eigenvalue weighted by molar-refractivity contribution is 7.13. The number of nitrogens with zero attached hydrogens (tertiary/aromatic N) is 1. The van der Waals surface area contributed by atoms with Crippen molar-refractivity contribution >= 4 is 17.6 Å². The van der Waals surface area contributed by atoms with E-state index in [2.05, 4.69) is 4.98 Å². The molecule has 2 aromatic heterocycles. The smallest absolute Gasteiger partial charge is 0.150 e. The summed E-state index contributed by atoms with van der Waals surface area (Å²) in [6, 6.07) is 7.58. The van der Waals surface area contributed by atoms with Crippen LogP contribution >= 0.6 is 11.3 Å². The third-order valence-corrected chi connectivity index (χ3v) is 2.64. The van der Waals surface area contributed by atoms with Gasteiger partial charge in [-0.15, -0.1) is 11.3 Å². The minimum absolute atomic E-state index is 0.714. The van der Waals surface area contributed by atoms with Gasteiger partial charge < -0.3 is 0 Å². The van der Waals surface area contributed by atoms with Crippen LogP contribution in [0.15, 0.2) is 35.8 Å². The summed E-state index contributed by atoms with van der Waals surface area (Å²) in [4.78, 5) is 15.7. The number of hydrogen-bond acceptors (Lipinski definition) is 3. The van der Waals surface area contributed by atoms with E-state index in [-0.39, 0.29) is 0 Å². The van der Waals surface area contributed by atoms with E-state index in [9.17, 15) is 4.79 Å². The van der Waals surface area contributed by atoms with Crippen molar-refractivity contribution in [3.8, 4) is 10.6 Å². The molecule has 0 atom stereocenters. The number of carbonyl (C=O) groups excluding carboxylic acids is 1. The molecule has 13 heavy (non-hydrogen) atoms. The molecule has 0 aliphatic heterocycles. The highest BCUT2D eigenvalue weighted by atomic mass is 32.1. The molecule has 0 radical (unpaired) electrons. The molecule has 0 aliphatic carbocycles. The Morgan fingerprint density at radius 3 is 2.92 bits per heavy atom. The van der Waals surface area contributed by atoms with Gasteiger partial charge in [-0.3, -0.25) is 9.78 Å². The van der Waals surface area contributed by atoms with Crippen molar-refractivity contribution < 1.29 is 4.79 Å². The quantitative estimate of drug-likeness (QED) is 0.680. The number of aldehydes is 1.